The lowest BCUT2D eigenvalue weighted by atomic mass is 9.72. The van der Waals surface area contributed by atoms with Crippen molar-refractivity contribution < 1.29 is 14.7 Å². The van der Waals surface area contributed by atoms with Crippen LogP contribution in [0.4, 0.5) is 0 Å². The standard InChI is InChI=1S/C17H24O3/c1-16(2,3)13-8-11(7-12(19)10-18)9-14(15(13)20)17(4,5)6/h7-9,18H,10H2,1-6H3. The number of hydrogen-bond donors (Lipinski definition) is 1. The maximum Gasteiger partial charge on any atom is 0.186 e. The van der Waals surface area contributed by atoms with Gasteiger partial charge in [-0.2, -0.15) is 0 Å². The summed E-state index contributed by atoms with van der Waals surface area (Å²) in [5.74, 6) is -0.318. The van der Waals surface area contributed by atoms with Crippen molar-refractivity contribution in [1.82, 2.24) is 0 Å². The van der Waals surface area contributed by atoms with Crippen molar-refractivity contribution >= 4 is 11.6 Å². The molecule has 1 rings (SSSR count). The lowest BCUT2D eigenvalue weighted by molar-refractivity contribution is -0.117. The lowest BCUT2D eigenvalue weighted by Gasteiger charge is -2.31. The van der Waals surface area contributed by atoms with Crippen molar-refractivity contribution in [3.8, 4) is 0 Å². The summed E-state index contributed by atoms with van der Waals surface area (Å²) in [7, 11) is 0. The van der Waals surface area contributed by atoms with E-state index in [9.17, 15) is 9.59 Å². The molecular weight excluding hydrogens is 252 g/mol. The van der Waals surface area contributed by atoms with E-state index in [4.69, 9.17) is 5.11 Å². The van der Waals surface area contributed by atoms with Crippen molar-refractivity contribution in [2.24, 2.45) is 10.8 Å². The Hall–Kier alpha value is -1.48. The third kappa shape index (κ3) is 3.76. The molecule has 0 saturated heterocycles. The third-order valence-electron chi connectivity index (χ3n) is 3.21. The normalized spacial score (nSPS) is 16.8. The molecule has 0 radical (unpaired) electrons. The summed E-state index contributed by atoms with van der Waals surface area (Å²) in [4.78, 5) is 24.0. The molecule has 0 atom stereocenters. The van der Waals surface area contributed by atoms with Gasteiger partial charge in [-0.25, -0.2) is 0 Å². The minimum absolute atomic E-state index is 0.0404. The van der Waals surface area contributed by atoms with E-state index in [0.717, 1.165) is 0 Å². The van der Waals surface area contributed by atoms with Crippen LogP contribution in [0.5, 0.6) is 0 Å². The van der Waals surface area contributed by atoms with Crippen molar-refractivity contribution in [1.29, 1.82) is 0 Å². The molecular formula is C17H24O3. The zero-order valence-electron chi connectivity index (χ0n) is 13.2. The van der Waals surface area contributed by atoms with Gasteiger partial charge in [0, 0.05) is 11.1 Å². The highest BCUT2D eigenvalue weighted by atomic mass is 16.3. The second-order valence-electron chi connectivity index (χ2n) is 7.21. The summed E-state index contributed by atoms with van der Waals surface area (Å²) in [5, 5.41) is 8.87. The third-order valence-corrected chi connectivity index (χ3v) is 3.21. The van der Waals surface area contributed by atoms with Crippen LogP contribution in [0.25, 0.3) is 0 Å². The molecule has 0 fully saturated rings. The van der Waals surface area contributed by atoms with Gasteiger partial charge in [0.05, 0.1) is 0 Å². The summed E-state index contributed by atoms with van der Waals surface area (Å²) in [6.45, 7) is 11.4. The molecule has 0 aromatic rings. The van der Waals surface area contributed by atoms with Gasteiger partial charge in [0.2, 0.25) is 0 Å². The molecule has 0 heterocycles. The maximum atomic E-state index is 12.6. The van der Waals surface area contributed by atoms with Crippen LogP contribution in [-0.4, -0.2) is 23.3 Å². The van der Waals surface area contributed by atoms with E-state index in [2.05, 4.69) is 0 Å². The first kappa shape index (κ1) is 16.6. The number of ketones is 2. The minimum atomic E-state index is -0.519. The predicted molar refractivity (Wildman–Crippen MR) is 80.3 cm³/mol. The minimum Gasteiger partial charge on any atom is -0.388 e. The largest absolute Gasteiger partial charge is 0.388 e. The molecule has 0 aromatic carbocycles. The Balaban J connectivity index is 3.41. The van der Waals surface area contributed by atoms with Gasteiger partial charge in [-0.15, -0.1) is 0 Å². The number of carbonyl (C=O) groups is 2. The van der Waals surface area contributed by atoms with Crippen LogP contribution in [0.15, 0.2) is 34.9 Å². The summed E-state index contributed by atoms with van der Waals surface area (Å²) in [6, 6.07) is 0. The Bertz CT molecular complexity index is 481. The number of hydrogen-bond acceptors (Lipinski definition) is 3. The van der Waals surface area contributed by atoms with Gasteiger partial charge in [0.25, 0.3) is 0 Å². The predicted octanol–water partition coefficient (Wildman–Crippen LogP) is 3.00. The van der Waals surface area contributed by atoms with Crippen molar-refractivity contribution in [2.75, 3.05) is 6.61 Å². The summed E-state index contributed by atoms with van der Waals surface area (Å²) in [5.41, 5.74) is 1.49. The fraction of sp³-hybridized carbons (Fsp3) is 0.529. The zero-order valence-corrected chi connectivity index (χ0v) is 13.2. The number of aliphatic hydroxyl groups is 1. The van der Waals surface area contributed by atoms with Crippen LogP contribution in [0.1, 0.15) is 41.5 Å². The van der Waals surface area contributed by atoms with Crippen LogP contribution in [-0.2, 0) is 9.59 Å². The van der Waals surface area contributed by atoms with E-state index in [-0.39, 0.29) is 22.4 Å². The van der Waals surface area contributed by atoms with Crippen molar-refractivity contribution in [3.05, 3.63) is 34.9 Å². The molecule has 0 aromatic heterocycles. The second kappa shape index (κ2) is 5.49. The quantitative estimate of drug-likeness (QED) is 0.789. The number of rotatable bonds is 2. The maximum absolute atomic E-state index is 12.6. The number of Topliss-reactive ketones (excluding diaryl/α,β-unsaturated/α-hetero) is 1. The number of aliphatic hydroxyl groups excluding tert-OH is 1. The molecule has 3 heteroatoms. The summed E-state index contributed by atoms with van der Waals surface area (Å²) < 4.78 is 0. The SMILES string of the molecule is CC(C)(C)C1=CC(=CC(=O)CO)C=C(C(C)(C)C)C1=O. The first-order chi connectivity index (χ1) is 8.96. The van der Waals surface area contributed by atoms with Crippen LogP contribution in [0, 0.1) is 10.8 Å². The fourth-order valence-corrected chi connectivity index (χ4v) is 2.08. The van der Waals surface area contributed by atoms with E-state index < -0.39 is 6.61 Å². The van der Waals surface area contributed by atoms with Crippen LogP contribution in [0.3, 0.4) is 0 Å². The Morgan fingerprint density at radius 3 is 1.75 bits per heavy atom. The number of carbonyl (C=O) groups excluding carboxylic acids is 2. The van der Waals surface area contributed by atoms with Gasteiger partial charge < -0.3 is 5.11 Å². The van der Waals surface area contributed by atoms with Crippen LogP contribution in [0.2, 0.25) is 0 Å². The molecule has 1 N–H and O–H groups in total. The average Bonchev–Trinajstić information content (AvgIpc) is 2.28. The molecule has 20 heavy (non-hydrogen) atoms. The molecule has 0 spiro atoms. The Labute approximate surface area is 121 Å². The van der Waals surface area contributed by atoms with Gasteiger partial charge in [0.1, 0.15) is 6.61 Å². The Morgan fingerprint density at radius 2 is 1.45 bits per heavy atom. The smallest absolute Gasteiger partial charge is 0.186 e. The van der Waals surface area contributed by atoms with Crippen LogP contribution >= 0.6 is 0 Å². The molecule has 1 aliphatic rings. The molecule has 1 aliphatic carbocycles. The van der Waals surface area contributed by atoms with Crippen molar-refractivity contribution in [2.45, 2.75) is 41.5 Å². The molecule has 0 bridgehead atoms. The van der Waals surface area contributed by atoms with E-state index in [1.807, 2.05) is 41.5 Å². The van der Waals surface area contributed by atoms with Crippen molar-refractivity contribution in [3.63, 3.8) is 0 Å². The van der Waals surface area contributed by atoms with Gasteiger partial charge >= 0.3 is 0 Å². The molecule has 0 amide bonds. The Kier molecular flexibility index (Phi) is 4.55. The highest BCUT2D eigenvalue weighted by molar-refractivity contribution is 6.12. The summed E-state index contributed by atoms with van der Waals surface area (Å²) in [6.07, 6.45) is 4.90. The van der Waals surface area contributed by atoms with E-state index in [0.29, 0.717) is 16.7 Å². The second-order valence-corrected chi connectivity index (χ2v) is 7.21. The number of allylic oxidation sites excluding steroid dienone is 5. The lowest BCUT2D eigenvalue weighted by Crippen LogP contribution is -2.28. The molecule has 0 saturated carbocycles. The van der Waals surface area contributed by atoms with E-state index in [1.54, 1.807) is 12.2 Å². The zero-order chi connectivity index (χ0) is 15.7. The Morgan fingerprint density at radius 1 is 1.05 bits per heavy atom. The van der Waals surface area contributed by atoms with E-state index >= 15 is 0 Å². The highest BCUT2D eigenvalue weighted by Crippen LogP contribution is 2.38. The topological polar surface area (TPSA) is 54.4 Å². The monoisotopic (exact) mass is 276 g/mol. The van der Waals surface area contributed by atoms with Crippen LogP contribution < -0.4 is 0 Å². The highest BCUT2D eigenvalue weighted by Gasteiger charge is 2.33. The van der Waals surface area contributed by atoms with Gasteiger partial charge in [-0.05, 0) is 34.6 Å². The first-order valence-electron chi connectivity index (χ1n) is 6.81. The average molecular weight is 276 g/mol. The van der Waals surface area contributed by atoms with Gasteiger partial charge in [-0.1, -0.05) is 41.5 Å². The molecule has 0 aliphatic heterocycles. The fourth-order valence-electron chi connectivity index (χ4n) is 2.08. The molecule has 110 valence electrons. The van der Waals surface area contributed by atoms with Gasteiger partial charge in [-0.3, -0.25) is 9.59 Å². The summed E-state index contributed by atoms with van der Waals surface area (Å²) >= 11 is 0. The molecule has 3 nitrogen and oxygen atoms in total. The molecule has 0 unspecified atom stereocenters. The van der Waals surface area contributed by atoms with E-state index in [1.165, 1.54) is 6.08 Å². The first-order valence-corrected chi connectivity index (χ1v) is 6.81. The van der Waals surface area contributed by atoms with Gasteiger partial charge in [0.15, 0.2) is 11.6 Å².